The predicted molar refractivity (Wildman–Crippen MR) is 111 cm³/mol. The van der Waals surface area contributed by atoms with Gasteiger partial charge in [-0.2, -0.15) is 0 Å². The number of ether oxygens (including phenoxy) is 2. The van der Waals surface area contributed by atoms with Crippen molar-refractivity contribution in [2.45, 2.75) is 63.3 Å². The monoisotopic (exact) mass is 399 g/mol. The molecule has 4 rings (SSSR count). The maximum absolute atomic E-state index is 14.4. The van der Waals surface area contributed by atoms with E-state index in [1.54, 1.807) is 25.3 Å². The number of fused-ring (bicyclic) bond motifs is 2. The van der Waals surface area contributed by atoms with Crippen LogP contribution in [0.25, 0.3) is 0 Å². The lowest BCUT2D eigenvalue weighted by Gasteiger charge is -2.44. The van der Waals surface area contributed by atoms with Crippen molar-refractivity contribution in [3.05, 3.63) is 59.4 Å². The molecule has 0 aromatic heterocycles. The van der Waals surface area contributed by atoms with Gasteiger partial charge in [-0.1, -0.05) is 37.3 Å². The van der Waals surface area contributed by atoms with Crippen LogP contribution in [0.4, 0.5) is 4.39 Å². The number of aliphatic hydroxyl groups is 1. The lowest BCUT2D eigenvalue weighted by molar-refractivity contribution is -0.0617. The van der Waals surface area contributed by atoms with Gasteiger partial charge in [0.1, 0.15) is 5.82 Å². The third-order valence-electron chi connectivity index (χ3n) is 6.38. The number of methoxy groups -OCH3 is 1. The Morgan fingerprint density at radius 3 is 2.48 bits per heavy atom. The van der Waals surface area contributed by atoms with Gasteiger partial charge in [0.05, 0.1) is 19.3 Å². The van der Waals surface area contributed by atoms with Crippen molar-refractivity contribution >= 4 is 0 Å². The molecular weight excluding hydrogens is 369 g/mol. The van der Waals surface area contributed by atoms with Crippen molar-refractivity contribution in [2.24, 2.45) is 0 Å². The Hall–Kier alpha value is -2.11. The average Bonchev–Trinajstić information content (AvgIpc) is 2.96. The molecule has 29 heavy (non-hydrogen) atoms. The molecule has 0 amide bonds. The highest BCUT2D eigenvalue weighted by atomic mass is 19.1. The number of rotatable bonds is 7. The van der Waals surface area contributed by atoms with Gasteiger partial charge in [-0.25, -0.2) is 4.39 Å². The van der Waals surface area contributed by atoms with Gasteiger partial charge >= 0.3 is 0 Å². The van der Waals surface area contributed by atoms with Gasteiger partial charge in [0.25, 0.3) is 0 Å². The maximum Gasteiger partial charge on any atom is 0.165 e. The van der Waals surface area contributed by atoms with Crippen molar-refractivity contribution < 1.29 is 19.0 Å². The van der Waals surface area contributed by atoms with Crippen LogP contribution < -0.4 is 9.47 Å². The summed E-state index contributed by atoms with van der Waals surface area (Å²) >= 11 is 0. The highest BCUT2D eigenvalue weighted by molar-refractivity contribution is 5.46. The minimum atomic E-state index is -1.09. The van der Waals surface area contributed by atoms with Crippen molar-refractivity contribution in [3.8, 4) is 11.5 Å². The van der Waals surface area contributed by atoms with Gasteiger partial charge in [-0.15, -0.1) is 0 Å². The van der Waals surface area contributed by atoms with E-state index in [0.717, 1.165) is 42.9 Å². The molecule has 2 fully saturated rings. The third kappa shape index (κ3) is 3.86. The molecule has 2 aromatic rings. The van der Waals surface area contributed by atoms with Crippen LogP contribution >= 0.6 is 0 Å². The van der Waals surface area contributed by atoms with E-state index in [1.807, 2.05) is 12.1 Å². The lowest BCUT2D eigenvalue weighted by Crippen LogP contribution is -2.49. The first kappa shape index (κ1) is 20.2. The van der Waals surface area contributed by atoms with E-state index in [0.29, 0.717) is 25.0 Å². The zero-order valence-corrected chi connectivity index (χ0v) is 17.2. The first-order valence-electron chi connectivity index (χ1n) is 10.6. The first-order valence-corrected chi connectivity index (χ1v) is 10.6. The van der Waals surface area contributed by atoms with Crippen molar-refractivity contribution in [1.29, 1.82) is 0 Å². The fourth-order valence-electron chi connectivity index (χ4n) is 5.04. The van der Waals surface area contributed by atoms with E-state index in [1.165, 1.54) is 6.07 Å². The molecule has 2 aliphatic heterocycles. The van der Waals surface area contributed by atoms with E-state index >= 15 is 0 Å². The smallest absolute Gasteiger partial charge is 0.165 e. The number of para-hydroxylation sites is 1. The average molecular weight is 400 g/mol. The molecule has 156 valence electrons. The van der Waals surface area contributed by atoms with Gasteiger partial charge in [-0.3, -0.25) is 4.90 Å². The Bertz CT molecular complexity index is 842. The van der Waals surface area contributed by atoms with Crippen LogP contribution in [0.3, 0.4) is 0 Å². The summed E-state index contributed by atoms with van der Waals surface area (Å²) in [6.45, 7) is 3.48. The quantitative estimate of drug-likeness (QED) is 0.737. The number of hydrogen-bond donors (Lipinski definition) is 1. The summed E-state index contributed by atoms with van der Waals surface area (Å²) in [6, 6.07) is 13.1. The van der Waals surface area contributed by atoms with Crippen molar-refractivity contribution in [2.75, 3.05) is 13.7 Å². The highest BCUT2D eigenvalue weighted by Crippen LogP contribution is 2.47. The number of piperidine rings is 1. The van der Waals surface area contributed by atoms with Crippen molar-refractivity contribution in [1.82, 2.24) is 4.90 Å². The van der Waals surface area contributed by atoms with Crippen LogP contribution in [0.5, 0.6) is 11.5 Å². The number of hydrogen-bond acceptors (Lipinski definition) is 4. The summed E-state index contributed by atoms with van der Waals surface area (Å²) in [5.41, 5.74) is 0.444. The van der Waals surface area contributed by atoms with Gasteiger partial charge in [-0.05, 0) is 44.2 Å². The SMILES string of the molecule is CCCOc1c(CN2[C@@H]3CC[C@H]2CC(O)(c2ccccc2F)C3)cccc1OC. The Morgan fingerprint density at radius 2 is 1.83 bits per heavy atom. The zero-order chi connectivity index (χ0) is 20.4. The molecule has 2 saturated heterocycles. The van der Waals surface area contributed by atoms with E-state index in [2.05, 4.69) is 17.9 Å². The Labute approximate surface area is 172 Å². The highest BCUT2D eigenvalue weighted by Gasteiger charge is 2.49. The van der Waals surface area contributed by atoms with E-state index in [-0.39, 0.29) is 17.9 Å². The third-order valence-corrected chi connectivity index (χ3v) is 6.38. The van der Waals surface area contributed by atoms with Crippen LogP contribution in [0.1, 0.15) is 50.2 Å². The zero-order valence-electron chi connectivity index (χ0n) is 17.2. The largest absolute Gasteiger partial charge is 0.493 e. The molecule has 2 bridgehead atoms. The molecule has 0 radical (unpaired) electrons. The van der Waals surface area contributed by atoms with Crippen LogP contribution in [-0.2, 0) is 12.1 Å². The Balaban J connectivity index is 1.57. The summed E-state index contributed by atoms with van der Waals surface area (Å²) < 4.78 is 25.9. The van der Waals surface area contributed by atoms with Crippen LogP contribution in [-0.4, -0.2) is 35.8 Å². The normalized spacial score (nSPS) is 26.5. The topological polar surface area (TPSA) is 41.9 Å². The molecule has 2 heterocycles. The minimum absolute atomic E-state index is 0.226. The molecular formula is C24H30FNO3. The van der Waals surface area contributed by atoms with Gasteiger partial charge in [0.15, 0.2) is 11.5 Å². The van der Waals surface area contributed by atoms with E-state index < -0.39 is 5.60 Å². The van der Waals surface area contributed by atoms with Crippen LogP contribution in [0.15, 0.2) is 42.5 Å². The molecule has 3 atom stereocenters. The molecule has 5 heteroatoms. The maximum atomic E-state index is 14.4. The second-order valence-electron chi connectivity index (χ2n) is 8.27. The molecule has 2 aliphatic rings. The fraction of sp³-hybridized carbons (Fsp3) is 0.500. The number of nitrogens with zero attached hydrogens (tertiary/aromatic N) is 1. The second kappa shape index (κ2) is 8.33. The Morgan fingerprint density at radius 1 is 1.10 bits per heavy atom. The summed E-state index contributed by atoms with van der Waals surface area (Å²) in [5, 5.41) is 11.3. The Kier molecular flexibility index (Phi) is 5.79. The van der Waals surface area contributed by atoms with Crippen LogP contribution in [0, 0.1) is 5.82 Å². The number of benzene rings is 2. The van der Waals surface area contributed by atoms with Crippen LogP contribution in [0.2, 0.25) is 0 Å². The summed E-state index contributed by atoms with van der Waals surface area (Å²) in [6.07, 6.45) is 4.09. The molecule has 1 N–H and O–H groups in total. The molecule has 2 aromatic carbocycles. The van der Waals surface area contributed by atoms with Gasteiger partial charge in [0.2, 0.25) is 0 Å². The fourth-order valence-corrected chi connectivity index (χ4v) is 5.04. The molecule has 0 spiro atoms. The molecule has 0 aliphatic carbocycles. The molecule has 4 nitrogen and oxygen atoms in total. The summed E-state index contributed by atoms with van der Waals surface area (Å²) in [5.74, 6) is 1.25. The van der Waals surface area contributed by atoms with E-state index in [4.69, 9.17) is 9.47 Å². The van der Waals surface area contributed by atoms with Gasteiger partial charge in [0, 0.05) is 29.8 Å². The van der Waals surface area contributed by atoms with Gasteiger partial charge < -0.3 is 14.6 Å². The molecule has 1 unspecified atom stereocenters. The number of halogens is 1. The lowest BCUT2D eigenvalue weighted by atomic mass is 9.80. The summed E-state index contributed by atoms with van der Waals surface area (Å²) in [7, 11) is 1.66. The second-order valence-corrected chi connectivity index (χ2v) is 8.27. The van der Waals surface area contributed by atoms with E-state index in [9.17, 15) is 9.50 Å². The molecule has 0 saturated carbocycles. The predicted octanol–water partition coefficient (Wildman–Crippen LogP) is 4.64. The first-order chi connectivity index (χ1) is 14.1. The minimum Gasteiger partial charge on any atom is -0.493 e. The van der Waals surface area contributed by atoms with Crippen molar-refractivity contribution in [3.63, 3.8) is 0 Å². The summed E-state index contributed by atoms with van der Waals surface area (Å²) in [4.78, 5) is 2.46. The standard InChI is InChI=1S/C24H30FNO3/c1-3-13-29-23-17(7-6-10-22(23)28-2)16-26-18-11-12-19(26)15-24(27,14-18)20-8-4-5-9-21(20)25/h4-10,18-19,27H,3,11-16H2,1-2H3/t18-,19+,24?.